The maximum absolute atomic E-state index is 13.2. The molecule has 4 nitrogen and oxygen atoms in total. The number of aryl methyl sites for hydroxylation is 1. The molecule has 0 atom stereocenters. The van der Waals surface area contributed by atoms with Crippen LogP contribution in [0.3, 0.4) is 0 Å². The fraction of sp³-hybridized carbons (Fsp3) is 0.250. The van der Waals surface area contributed by atoms with E-state index in [0.717, 1.165) is 5.56 Å². The van der Waals surface area contributed by atoms with Gasteiger partial charge >= 0.3 is 0 Å². The average molecular weight is 235 g/mol. The van der Waals surface area contributed by atoms with E-state index in [1.54, 1.807) is 12.1 Å². The van der Waals surface area contributed by atoms with E-state index in [1.807, 2.05) is 6.92 Å². The van der Waals surface area contributed by atoms with Crippen LogP contribution in [0.25, 0.3) is 11.3 Å². The zero-order valence-corrected chi connectivity index (χ0v) is 9.52. The summed E-state index contributed by atoms with van der Waals surface area (Å²) in [5.41, 5.74) is 8.01. The molecule has 2 rings (SSSR count). The molecule has 0 saturated heterocycles. The van der Waals surface area contributed by atoms with Crippen LogP contribution in [-0.4, -0.2) is 21.5 Å². The molecule has 0 aliphatic rings. The van der Waals surface area contributed by atoms with E-state index in [4.69, 9.17) is 10.8 Å². The molecule has 0 radical (unpaired) electrons. The summed E-state index contributed by atoms with van der Waals surface area (Å²) in [5.74, 6) is 0.151. The summed E-state index contributed by atoms with van der Waals surface area (Å²) in [5, 5.41) is 13.1. The molecular weight excluding hydrogens is 221 g/mol. The topological polar surface area (TPSA) is 64.1 Å². The van der Waals surface area contributed by atoms with Crippen LogP contribution in [0.1, 0.15) is 5.56 Å². The van der Waals surface area contributed by atoms with E-state index >= 15 is 0 Å². The van der Waals surface area contributed by atoms with Gasteiger partial charge in [0.1, 0.15) is 11.6 Å². The van der Waals surface area contributed by atoms with Gasteiger partial charge in [0.2, 0.25) is 0 Å². The summed E-state index contributed by atoms with van der Waals surface area (Å²) < 4.78 is 14.7. The number of nitrogens with two attached hydrogens (primary N) is 1. The van der Waals surface area contributed by atoms with Gasteiger partial charge in [-0.25, -0.2) is 9.07 Å². The summed E-state index contributed by atoms with van der Waals surface area (Å²) in [6.45, 7) is 2.18. The molecule has 90 valence electrons. The number of aromatic nitrogens is 2. The minimum Gasteiger partial charge on any atom is -0.394 e. The van der Waals surface area contributed by atoms with Crippen LogP contribution >= 0.6 is 0 Å². The third kappa shape index (κ3) is 2.29. The van der Waals surface area contributed by atoms with Crippen molar-refractivity contribution in [1.29, 1.82) is 0 Å². The number of hydrogen-bond donors (Lipinski definition) is 2. The van der Waals surface area contributed by atoms with Gasteiger partial charge in [0.25, 0.3) is 0 Å². The third-order valence-electron chi connectivity index (χ3n) is 2.60. The van der Waals surface area contributed by atoms with Crippen molar-refractivity contribution >= 4 is 5.82 Å². The van der Waals surface area contributed by atoms with Gasteiger partial charge in [0.05, 0.1) is 18.8 Å². The van der Waals surface area contributed by atoms with Crippen LogP contribution in [0, 0.1) is 12.7 Å². The van der Waals surface area contributed by atoms with Gasteiger partial charge in [-0.05, 0) is 24.6 Å². The Morgan fingerprint density at radius 2 is 2.18 bits per heavy atom. The smallest absolute Gasteiger partial charge is 0.123 e. The Labute approximate surface area is 98.5 Å². The first-order chi connectivity index (χ1) is 8.11. The zero-order chi connectivity index (χ0) is 12.4. The van der Waals surface area contributed by atoms with Gasteiger partial charge in [-0.2, -0.15) is 5.10 Å². The Balaban J connectivity index is 2.45. The lowest BCUT2D eigenvalue weighted by Crippen LogP contribution is -2.07. The van der Waals surface area contributed by atoms with Crippen molar-refractivity contribution in [2.45, 2.75) is 13.5 Å². The van der Waals surface area contributed by atoms with Crippen LogP contribution in [0.15, 0.2) is 24.3 Å². The summed E-state index contributed by atoms with van der Waals surface area (Å²) in [7, 11) is 0. The SMILES string of the molecule is Cc1ccc(F)cc1-c1cc(N)n(CCO)n1. The van der Waals surface area contributed by atoms with E-state index < -0.39 is 0 Å². The number of benzene rings is 1. The summed E-state index contributed by atoms with van der Waals surface area (Å²) in [6, 6.07) is 6.22. The number of aliphatic hydroxyl groups is 1. The minimum atomic E-state index is -0.305. The Kier molecular flexibility index (Phi) is 3.10. The molecule has 0 spiro atoms. The molecule has 0 unspecified atom stereocenters. The van der Waals surface area contributed by atoms with Crippen LogP contribution < -0.4 is 5.73 Å². The first-order valence-electron chi connectivity index (χ1n) is 5.32. The largest absolute Gasteiger partial charge is 0.394 e. The highest BCUT2D eigenvalue weighted by molar-refractivity contribution is 5.65. The molecule has 0 aliphatic carbocycles. The molecule has 1 aromatic heterocycles. The first kappa shape index (κ1) is 11.6. The van der Waals surface area contributed by atoms with Crippen molar-refractivity contribution in [1.82, 2.24) is 9.78 Å². The molecule has 5 heteroatoms. The monoisotopic (exact) mass is 235 g/mol. The zero-order valence-electron chi connectivity index (χ0n) is 9.52. The van der Waals surface area contributed by atoms with Crippen molar-refractivity contribution < 1.29 is 9.50 Å². The molecule has 2 aromatic rings. The Bertz CT molecular complexity index is 537. The Morgan fingerprint density at radius 3 is 2.88 bits per heavy atom. The fourth-order valence-electron chi connectivity index (χ4n) is 1.71. The number of nitrogen functional groups attached to an aromatic ring is 1. The summed E-state index contributed by atoms with van der Waals surface area (Å²) in [4.78, 5) is 0. The quantitative estimate of drug-likeness (QED) is 0.848. The number of rotatable bonds is 3. The highest BCUT2D eigenvalue weighted by Crippen LogP contribution is 2.24. The van der Waals surface area contributed by atoms with Crippen LogP contribution in [-0.2, 0) is 6.54 Å². The second-order valence-corrected chi connectivity index (χ2v) is 3.86. The number of aliphatic hydroxyl groups excluding tert-OH is 1. The van der Waals surface area contributed by atoms with Gasteiger partial charge in [-0.1, -0.05) is 6.07 Å². The maximum atomic E-state index is 13.2. The van der Waals surface area contributed by atoms with E-state index in [2.05, 4.69) is 5.10 Å². The minimum absolute atomic E-state index is 0.0343. The molecule has 17 heavy (non-hydrogen) atoms. The fourth-order valence-corrected chi connectivity index (χ4v) is 1.71. The van der Waals surface area contributed by atoms with Crippen LogP contribution in [0.4, 0.5) is 10.2 Å². The molecule has 1 heterocycles. The van der Waals surface area contributed by atoms with Gasteiger partial charge in [-0.3, -0.25) is 0 Å². The number of hydrogen-bond acceptors (Lipinski definition) is 3. The second-order valence-electron chi connectivity index (χ2n) is 3.86. The molecule has 0 bridgehead atoms. The predicted molar refractivity (Wildman–Crippen MR) is 63.9 cm³/mol. The lowest BCUT2D eigenvalue weighted by atomic mass is 10.1. The molecule has 0 fully saturated rings. The van der Waals surface area contributed by atoms with E-state index in [0.29, 0.717) is 23.6 Å². The molecule has 0 aliphatic heterocycles. The van der Waals surface area contributed by atoms with Crippen molar-refractivity contribution in [2.75, 3.05) is 12.3 Å². The number of halogens is 1. The van der Waals surface area contributed by atoms with Crippen molar-refractivity contribution in [2.24, 2.45) is 0 Å². The highest BCUT2D eigenvalue weighted by atomic mass is 19.1. The van der Waals surface area contributed by atoms with Gasteiger partial charge in [0.15, 0.2) is 0 Å². The summed E-state index contributed by atoms with van der Waals surface area (Å²) >= 11 is 0. The highest BCUT2D eigenvalue weighted by Gasteiger charge is 2.10. The maximum Gasteiger partial charge on any atom is 0.123 e. The summed E-state index contributed by atoms with van der Waals surface area (Å²) in [6.07, 6.45) is 0. The van der Waals surface area contributed by atoms with Crippen LogP contribution in [0.5, 0.6) is 0 Å². The first-order valence-corrected chi connectivity index (χ1v) is 5.32. The van der Waals surface area contributed by atoms with Crippen molar-refractivity contribution in [3.63, 3.8) is 0 Å². The van der Waals surface area contributed by atoms with Crippen molar-refractivity contribution in [3.8, 4) is 11.3 Å². The molecule has 0 saturated carbocycles. The van der Waals surface area contributed by atoms with Gasteiger partial charge in [0, 0.05) is 11.6 Å². The third-order valence-corrected chi connectivity index (χ3v) is 2.60. The lowest BCUT2D eigenvalue weighted by molar-refractivity contribution is 0.270. The average Bonchev–Trinajstić information content (AvgIpc) is 2.64. The van der Waals surface area contributed by atoms with Crippen LogP contribution in [0.2, 0.25) is 0 Å². The van der Waals surface area contributed by atoms with E-state index in [9.17, 15) is 4.39 Å². The number of nitrogens with zero attached hydrogens (tertiary/aromatic N) is 2. The Hall–Kier alpha value is -1.88. The number of anilines is 1. The molecule has 1 aromatic carbocycles. The predicted octanol–water partition coefficient (Wildman–Crippen LogP) is 1.57. The molecule has 3 N–H and O–H groups in total. The normalized spacial score (nSPS) is 10.8. The van der Waals surface area contributed by atoms with Gasteiger partial charge in [-0.15, -0.1) is 0 Å². The molecule has 0 amide bonds. The second kappa shape index (κ2) is 4.55. The lowest BCUT2D eigenvalue weighted by Gasteiger charge is -2.02. The standard InChI is InChI=1S/C12H14FN3O/c1-8-2-3-9(13)6-10(8)11-7-12(14)16(15-11)4-5-17/h2-3,6-7,17H,4-5,14H2,1H3. The molecular formula is C12H14FN3O. The van der Waals surface area contributed by atoms with Gasteiger partial charge < -0.3 is 10.8 Å². The van der Waals surface area contributed by atoms with Crippen molar-refractivity contribution in [3.05, 3.63) is 35.6 Å². The Morgan fingerprint density at radius 1 is 1.41 bits per heavy atom. The van der Waals surface area contributed by atoms with E-state index in [-0.39, 0.29) is 12.4 Å². The van der Waals surface area contributed by atoms with E-state index in [1.165, 1.54) is 16.8 Å².